The first kappa shape index (κ1) is 19.8. The normalized spacial score (nSPS) is 18.1. The highest BCUT2D eigenvalue weighted by Gasteiger charge is 2.28. The van der Waals surface area contributed by atoms with Crippen LogP contribution < -0.4 is 4.90 Å². The molecule has 2 heterocycles. The Morgan fingerprint density at radius 3 is 2.55 bits per heavy atom. The molecule has 0 atom stereocenters. The minimum Gasteiger partial charge on any atom is -0.343 e. The summed E-state index contributed by atoms with van der Waals surface area (Å²) in [5.41, 5.74) is 0.813. The lowest BCUT2D eigenvalue weighted by Gasteiger charge is -2.34. The van der Waals surface area contributed by atoms with E-state index in [9.17, 15) is 14.9 Å². The van der Waals surface area contributed by atoms with E-state index in [0.29, 0.717) is 43.2 Å². The Morgan fingerprint density at radius 2 is 1.86 bits per heavy atom. The van der Waals surface area contributed by atoms with Gasteiger partial charge < -0.3 is 9.80 Å². The van der Waals surface area contributed by atoms with Gasteiger partial charge in [0.2, 0.25) is 5.13 Å². The van der Waals surface area contributed by atoms with E-state index in [0.717, 1.165) is 10.1 Å². The Hall–Kier alpha value is -2.55. The number of hydrogen-bond donors (Lipinski definition) is 0. The summed E-state index contributed by atoms with van der Waals surface area (Å²) in [4.78, 5) is 27.6. The van der Waals surface area contributed by atoms with Crippen LogP contribution in [0.3, 0.4) is 0 Å². The lowest BCUT2D eigenvalue weighted by atomic mass is 9.90. The van der Waals surface area contributed by atoms with Crippen LogP contribution in [0.25, 0.3) is 0 Å². The highest BCUT2D eigenvalue weighted by atomic mass is 32.1. The molecule has 1 aliphatic carbocycles. The molecule has 1 saturated carbocycles. The number of piperazine rings is 1. The van der Waals surface area contributed by atoms with E-state index in [1.54, 1.807) is 35.3 Å². The number of nitro benzene ring substituents is 1. The Balaban J connectivity index is 1.40. The molecule has 1 aromatic heterocycles. The molecule has 1 aliphatic heterocycles. The fourth-order valence-electron chi connectivity index (χ4n) is 4.19. The average molecular weight is 416 g/mol. The van der Waals surface area contributed by atoms with Crippen LogP contribution in [0, 0.1) is 17.0 Å². The number of nitro groups is 1. The maximum atomic E-state index is 12.9. The summed E-state index contributed by atoms with van der Waals surface area (Å²) in [7, 11) is 0. The summed E-state index contributed by atoms with van der Waals surface area (Å²) in [6.07, 6.45) is 6.29. The number of nitrogens with zero attached hydrogens (tertiary/aromatic N) is 5. The molecule has 1 saturated heterocycles. The molecule has 0 N–H and O–H groups in total. The predicted molar refractivity (Wildman–Crippen MR) is 112 cm³/mol. The SMILES string of the molecule is Cc1c(C(=O)N2CCN(c3nnc(C4CCCCC4)s3)CC2)cccc1[N+](=O)[O-]. The summed E-state index contributed by atoms with van der Waals surface area (Å²) in [5.74, 6) is 0.403. The van der Waals surface area contributed by atoms with Crippen molar-refractivity contribution in [2.75, 3.05) is 31.1 Å². The van der Waals surface area contributed by atoms with Gasteiger partial charge in [-0.05, 0) is 25.8 Å². The summed E-state index contributed by atoms with van der Waals surface area (Å²) in [6.45, 7) is 4.16. The highest BCUT2D eigenvalue weighted by molar-refractivity contribution is 7.15. The molecule has 0 spiro atoms. The van der Waals surface area contributed by atoms with Crippen molar-refractivity contribution in [2.45, 2.75) is 44.9 Å². The van der Waals surface area contributed by atoms with Crippen LogP contribution in [-0.2, 0) is 0 Å². The molecular weight excluding hydrogens is 390 g/mol. The predicted octanol–water partition coefficient (Wildman–Crippen LogP) is 3.76. The first-order valence-electron chi connectivity index (χ1n) is 10.2. The minimum absolute atomic E-state index is 0.0152. The number of benzene rings is 1. The molecule has 2 fully saturated rings. The number of rotatable bonds is 4. The van der Waals surface area contributed by atoms with Crippen LogP contribution in [0.15, 0.2) is 18.2 Å². The van der Waals surface area contributed by atoms with Crippen LogP contribution in [0.4, 0.5) is 10.8 Å². The van der Waals surface area contributed by atoms with Gasteiger partial charge in [-0.25, -0.2) is 0 Å². The molecule has 2 aromatic rings. The van der Waals surface area contributed by atoms with E-state index in [-0.39, 0.29) is 11.6 Å². The van der Waals surface area contributed by atoms with Gasteiger partial charge >= 0.3 is 0 Å². The second-order valence-corrected chi connectivity index (χ2v) is 8.73. The Kier molecular flexibility index (Phi) is 5.75. The van der Waals surface area contributed by atoms with Crippen molar-refractivity contribution in [1.82, 2.24) is 15.1 Å². The quantitative estimate of drug-likeness (QED) is 0.558. The molecule has 29 heavy (non-hydrogen) atoms. The van der Waals surface area contributed by atoms with Crippen LogP contribution in [-0.4, -0.2) is 52.1 Å². The van der Waals surface area contributed by atoms with Gasteiger partial charge in [0.25, 0.3) is 11.6 Å². The summed E-state index contributed by atoms with van der Waals surface area (Å²) in [5, 5.41) is 22.1. The Morgan fingerprint density at radius 1 is 1.14 bits per heavy atom. The topological polar surface area (TPSA) is 92.5 Å². The molecule has 2 aliphatic rings. The average Bonchev–Trinajstić information content (AvgIpc) is 3.24. The van der Waals surface area contributed by atoms with Crippen LogP contribution in [0.5, 0.6) is 0 Å². The molecule has 0 bridgehead atoms. The molecule has 0 radical (unpaired) electrons. The number of anilines is 1. The van der Waals surface area contributed by atoms with Gasteiger partial charge in [-0.2, -0.15) is 0 Å². The first-order valence-corrected chi connectivity index (χ1v) is 11.0. The largest absolute Gasteiger partial charge is 0.343 e. The zero-order valence-corrected chi connectivity index (χ0v) is 17.4. The molecule has 154 valence electrons. The number of amides is 1. The standard InChI is InChI=1S/C20H25N5O3S/c1-14-16(8-5-9-17(14)25(27)28)19(26)23-10-12-24(13-11-23)20-22-21-18(29-20)15-6-3-2-4-7-15/h5,8-9,15H,2-4,6-7,10-13H2,1H3. The van der Waals surface area contributed by atoms with Crippen molar-refractivity contribution >= 4 is 28.1 Å². The van der Waals surface area contributed by atoms with Crippen molar-refractivity contribution in [3.05, 3.63) is 44.4 Å². The van der Waals surface area contributed by atoms with E-state index in [4.69, 9.17) is 0 Å². The lowest BCUT2D eigenvalue weighted by Crippen LogP contribution is -2.49. The minimum atomic E-state index is -0.441. The third-order valence-corrected chi connectivity index (χ3v) is 7.10. The molecule has 1 aromatic carbocycles. The summed E-state index contributed by atoms with van der Waals surface area (Å²) < 4.78 is 0. The number of aromatic nitrogens is 2. The summed E-state index contributed by atoms with van der Waals surface area (Å²) >= 11 is 1.68. The maximum absolute atomic E-state index is 12.9. The molecular formula is C20H25N5O3S. The van der Waals surface area contributed by atoms with E-state index in [1.807, 2.05) is 0 Å². The first-order chi connectivity index (χ1) is 14.0. The Bertz CT molecular complexity index is 901. The van der Waals surface area contributed by atoms with Crippen LogP contribution in [0.2, 0.25) is 0 Å². The monoisotopic (exact) mass is 415 g/mol. The zero-order chi connectivity index (χ0) is 20.4. The van der Waals surface area contributed by atoms with Crippen molar-refractivity contribution in [2.24, 2.45) is 0 Å². The lowest BCUT2D eigenvalue weighted by molar-refractivity contribution is -0.385. The van der Waals surface area contributed by atoms with Gasteiger partial charge in [0.15, 0.2) is 0 Å². The third kappa shape index (κ3) is 4.10. The molecule has 8 nitrogen and oxygen atoms in total. The fraction of sp³-hybridized carbons (Fsp3) is 0.550. The van der Waals surface area contributed by atoms with Crippen molar-refractivity contribution in [3.63, 3.8) is 0 Å². The fourth-order valence-corrected chi connectivity index (χ4v) is 5.26. The summed E-state index contributed by atoms with van der Waals surface area (Å²) in [6, 6.07) is 4.67. The van der Waals surface area contributed by atoms with E-state index in [1.165, 1.54) is 38.2 Å². The maximum Gasteiger partial charge on any atom is 0.273 e. The van der Waals surface area contributed by atoms with Gasteiger partial charge in [-0.1, -0.05) is 36.7 Å². The number of carbonyl (C=O) groups is 1. The van der Waals surface area contributed by atoms with E-state index >= 15 is 0 Å². The van der Waals surface area contributed by atoms with Gasteiger partial charge in [0.05, 0.1) is 4.92 Å². The molecule has 4 rings (SSSR count). The van der Waals surface area contributed by atoms with Crippen LogP contribution >= 0.6 is 11.3 Å². The second kappa shape index (κ2) is 8.44. The van der Waals surface area contributed by atoms with Crippen molar-refractivity contribution < 1.29 is 9.72 Å². The van der Waals surface area contributed by atoms with Gasteiger partial charge in [0, 0.05) is 49.3 Å². The number of carbonyl (C=O) groups excluding carboxylic acids is 1. The van der Waals surface area contributed by atoms with Gasteiger partial charge in [-0.3, -0.25) is 14.9 Å². The van der Waals surface area contributed by atoms with Crippen molar-refractivity contribution in [1.29, 1.82) is 0 Å². The van der Waals surface area contributed by atoms with Gasteiger partial charge in [0.1, 0.15) is 5.01 Å². The molecule has 1 amide bonds. The molecule has 9 heteroatoms. The van der Waals surface area contributed by atoms with E-state index < -0.39 is 4.92 Å². The second-order valence-electron chi connectivity index (χ2n) is 7.74. The van der Waals surface area contributed by atoms with Crippen LogP contribution in [0.1, 0.15) is 59.0 Å². The number of hydrogen-bond acceptors (Lipinski definition) is 7. The van der Waals surface area contributed by atoms with E-state index in [2.05, 4.69) is 15.1 Å². The van der Waals surface area contributed by atoms with Gasteiger partial charge in [-0.15, -0.1) is 10.2 Å². The molecule has 0 unspecified atom stereocenters. The third-order valence-electron chi connectivity index (χ3n) is 5.95. The van der Waals surface area contributed by atoms with Crippen molar-refractivity contribution in [3.8, 4) is 0 Å². The smallest absolute Gasteiger partial charge is 0.273 e. The zero-order valence-electron chi connectivity index (χ0n) is 16.5. The Labute approximate surface area is 173 Å². The highest BCUT2D eigenvalue weighted by Crippen LogP contribution is 2.36.